The molecule has 0 bridgehead atoms. The zero-order valence-corrected chi connectivity index (χ0v) is 12.2. The molecule has 7 heteroatoms. The van der Waals surface area contributed by atoms with Crippen LogP contribution in [-0.4, -0.2) is 26.2 Å². The van der Waals surface area contributed by atoms with Gasteiger partial charge in [-0.2, -0.15) is 16.3 Å². The van der Waals surface area contributed by atoms with Gasteiger partial charge in [-0.05, 0) is 29.2 Å². The minimum atomic E-state index is -0.967. The first-order valence-corrected chi connectivity index (χ1v) is 7.36. The summed E-state index contributed by atoms with van der Waals surface area (Å²) in [7, 11) is 0. The summed E-state index contributed by atoms with van der Waals surface area (Å²) in [6.45, 7) is 0. The second-order valence-corrected chi connectivity index (χ2v) is 5.24. The highest BCUT2D eigenvalue weighted by Gasteiger charge is 2.16. The molecule has 0 radical (unpaired) electrons. The maximum absolute atomic E-state index is 11.1. The van der Waals surface area contributed by atoms with Gasteiger partial charge in [0.25, 0.3) is 5.89 Å². The topological polar surface area (TPSA) is 89.1 Å². The second kappa shape index (κ2) is 6.31. The molecular formula is C15H11N3O3S. The van der Waals surface area contributed by atoms with E-state index in [1.165, 1.54) is 11.3 Å². The van der Waals surface area contributed by atoms with E-state index in [-0.39, 0.29) is 12.3 Å². The molecule has 0 unspecified atom stereocenters. The molecule has 22 heavy (non-hydrogen) atoms. The number of rotatable bonds is 5. The Balaban J connectivity index is 1.96. The quantitative estimate of drug-likeness (QED) is 0.778. The SMILES string of the molecule is O=C(O)C/C(=C\c1cccnc1)c1nc(-c2ccsc2)no1. The molecule has 0 aliphatic rings. The highest BCUT2D eigenvalue weighted by Crippen LogP contribution is 2.24. The van der Waals surface area contributed by atoms with Crippen molar-refractivity contribution in [2.45, 2.75) is 6.42 Å². The van der Waals surface area contributed by atoms with E-state index in [1.54, 1.807) is 24.5 Å². The Morgan fingerprint density at radius 2 is 2.32 bits per heavy atom. The van der Waals surface area contributed by atoms with Gasteiger partial charge in [0, 0.05) is 28.9 Å². The smallest absolute Gasteiger partial charge is 0.308 e. The van der Waals surface area contributed by atoms with E-state index in [2.05, 4.69) is 15.1 Å². The molecule has 0 saturated heterocycles. The number of hydrogen-bond donors (Lipinski definition) is 1. The summed E-state index contributed by atoms with van der Waals surface area (Å²) in [4.78, 5) is 19.3. The summed E-state index contributed by atoms with van der Waals surface area (Å²) in [5.41, 5.74) is 2.06. The Bertz CT molecular complexity index is 795. The van der Waals surface area contributed by atoms with Crippen LogP contribution in [0.15, 0.2) is 45.9 Å². The summed E-state index contributed by atoms with van der Waals surface area (Å²) in [6, 6.07) is 5.47. The third-order valence-corrected chi connectivity index (χ3v) is 3.53. The van der Waals surface area contributed by atoms with Crippen LogP contribution in [0, 0.1) is 0 Å². The van der Waals surface area contributed by atoms with E-state index in [0.717, 1.165) is 11.1 Å². The van der Waals surface area contributed by atoms with Gasteiger partial charge in [-0.3, -0.25) is 9.78 Å². The summed E-state index contributed by atoms with van der Waals surface area (Å²) < 4.78 is 5.22. The Morgan fingerprint density at radius 1 is 1.41 bits per heavy atom. The summed E-state index contributed by atoms with van der Waals surface area (Å²) >= 11 is 1.53. The van der Waals surface area contributed by atoms with E-state index < -0.39 is 5.97 Å². The molecule has 3 aromatic heterocycles. The number of nitrogens with zero attached hydrogens (tertiary/aromatic N) is 3. The maximum Gasteiger partial charge on any atom is 0.308 e. The number of aromatic nitrogens is 3. The van der Waals surface area contributed by atoms with Crippen LogP contribution >= 0.6 is 11.3 Å². The van der Waals surface area contributed by atoms with E-state index in [1.807, 2.05) is 22.9 Å². The highest BCUT2D eigenvalue weighted by molar-refractivity contribution is 7.08. The van der Waals surface area contributed by atoms with E-state index in [0.29, 0.717) is 11.4 Å². The largest absolute Gasteiger partial charge is 0.481 e. The van der Waals surface area contributed by atoms with Crippen molar-refractivity contribution >= 4 is 29.0 Å². The zero-order chi connectivity index (χ0) is 15.4. The number of hydrogen-bond acceptors (Lipinski definition) is 6. The predicted molar refractivity (Wildman–Crippen MR) is 82.0 cm³/mol. The minimum Gasteiger partial charge on any atom is -0.481 e. The molecule has 0 aromatic carbocycles. The fourth-order valence-electron chi connectivity index (χ4n) is 1.88. The third kappa shape index (κ3) is 3.26. The van der Waals surface area contributed by atoms with Crippen LogP contribution in [0.4, 0.5) is 0 Å². The van der Waals surface area contributed by atoms with E-state index in [4.69, 9.17) is 9.63 Å². The van der Waals surface area contributed by atoms with Gasteiger partial charge >= 0.3 is 5.97 Å². The predicted octanol–water partition coefficient (Wildman–Crippen LogP) is 3.21. The molecule has 110 valence electrons. The van der Waals surface area contributed by atoms with Gasteiger partial charge in [0.1, 0.15) is 0 Å². The first-order valence-electron chi connectivity index (χ1n) is 6.41. The lowest BCUT2D eigenvalue weighted by atomic mass is 10.1. The van der Waals surface area contributed by atoms with Gasteiger partial charge in [-0.15, -0.1) is 0 Å². The Kier molecular flexibility index (Phi) is 4.06. The van der Waals surface area contributed by atoms with Crippen molar-refractivity contribution in [3.8, 4) is 11.4 Å². The molecule has 0 aliphatic carbocycles. The van der Waals surface area contributed by atoms with E-state index in [9.17, 15) is 4.79 Å². The molecular weight excluding hydrogens is 302 g/mol. The molecule has 3 aromatic rings. The number of aliphatic carboxylic acids is 1. The summed E-state index contributed by atoms with van der Waals surface area (Å²) in [5.74, 6) is -0.323. The van der Waals surface area contributed by atoms with Crippen LogP contribution in [-0.2, 0) is 4.79 Å². The van der Waals surface area contributed by atoms with Crippen molar-refractivity contribution in [2.75, 3.05) is 0 Å². The first-order chi connectivity index (χ1) is 10.7. The Labute approximate surface area is 129 Å². The zero-order valence-electron chi connectivity index (χ0n) is 11.3. The molecule has 0 saturated carbocycles. The fourth-order valence-corrected chi connectivity index (χ4v) is 2.51. The maximum atomic E-state index is 11.1. The molecule has 1 N–H and O–H groups in total. The first kappa shape index (κ1) is 14.2. The van der Waals surface area contributed by atoms with Crippen molar-refractivity contribution in [1.82, 2.24) is 15.1 Å². The Morgan fingerprint density at radius 3 is 3.00 bits per heavy atom. The third-order valence-electron chi connectivity index (χ3n) is 2.85. The molecule has 0 fully saturated rings. The van der Waals surface area contributed by atoms with Crippen LogP contribution < -0.4 is 0 Å². The average molecular weight is 313 g/mol. The van der Waals surface area contributed by atoms with Crippen LogP contribution in [0.3, 0.4) is 0 Å². The number of carboxylic acids is 1. The molecule has 6 nitrogen and oxygen atoms in total. The number of thiophene rings is 1. The van der Waals surface area contributed by atoms with Crippen LogP contribution in [0.25, 0.3) is 23.0 Å². The summed E-state index contributed by atoms with van der Waals surface area (Å²) in [6.07, 6.45) is 4.76. The van der Waals surface area contributed by atoms with Gasteiger partial charge in [-0.1, -0.05) is 11.2 Å². The van der Waals surface area contributed by atoms with Crippen LogP contribution in [0.1, 0.15) is 17.9 Å². The highest BCUT2D eigenvalue weighted by atomic mass is 32.1. The minimum absolute atomic E-state index is 0.201. The number of carbonyl (C=O) groups is 1. The van der Waals surface area contributed by atoms with E-state index >= 15 is 0 Å². The molecule has 0 atom stereocenters. The van der Waals surface area contributed by atoms with Crippen LogP contribution in [0.2, 0.25) is 0 Å². The lowest BCUT2D eigenvalue weighted by Crippen LogP contribution is -1.97. The number of carboxylic acid groups (broad SMARTS) is 1. The molecule has 0 amide bonds. The lowest BCUT2D eigenvalue weighted by Gasteiger charge is -1.99. The lowest BCUT2D eigenvalue weighted by molar-refractivity contribution is -0.135. The van der Waals surface area contributed by atoms with Crippen molar-refractivity contribution < 1.29 is 14.4 Å². The van der Waals surface area contributed by atoms with Crippen molar-refractivity contribution in [1.29, 1.82) is 0 Å². The molecule has 3 rings (SSSR count). The van der Waals surface area contributed by atoms with Gasteiger partial charge < -0.3 is 9.63 Å². The fraction of sp³-hybridized carbons (Fsp3) is 0.0667. The van der Waals surface area contributed by atoms with Gasteiger partial charge in [-0.25, -0.2) is 0 Å². The van der Waals surface area contributed by atoms with Crippen molar-refractivity contribution in [3.63, 3.8) is 0 Å². The summed E-state index contributed by atoms with van der Waals surface area (Å²) in [5, 5.41) is 16.8. The standard InChI is InChI=1S/C15H11N3O3S/c19-13(20)7-12(6-10-2-1-4-16-8-10)15-17-14(18-21-15)11-3-5-22-9-11/h1-6,8-9H,7H2,(H,19,20)/b12-6+. The Hall–Kier alpha value is -2.80. The van der Waals surface area contributed by atoms with Gasteiger partial charge in [0.15, 0.2) is 0 Å². The van der Waals surface area contributed by atoms with Gasteiger partial charge in [0.2, 0.25) is 5.82 Å². The van der Waals surface area contributed by atoms with Crippen LogP contribution in [0.5, 0.6) is 0 Å². The molecule has 0 spiro atoms. The van der Waals surface area contributed by atoms with Crippen molar-refractivity contribution in [2.24, 2.45) is 0 Å². The van der Waals surface area contributed by atoms with Gasteiger partial charge in [0.05, 0.1) is 6.42 Å². The average Bonchev–Trinajstić information content (AvgIpc) is 3.18. The molecule has 0 aliphatic heterocycles. The van der Waals surface area contributed by atoms with Crippen molar-refractivity contribution in [3.05, 3.63) is 52.8 Å². The normalized spacial score (nSPS) is 11.5. The second-order valence-electron chi connectivity index (χ2n) is 4.46. The number of pyridine rings is 1. The molecule has 3 heterocycles. The monoisotopic (exact) mass is 313 g/mol.